The molecule has 0 radical (unpaired) electrons. The molecule has 1 aromatic heterocycles. The normalized spacial score (nSPS) is 22.1. The van der Waals surface area contributed by atoms with Gasteiger partial charge in [0.2, 0.25) is 11.9 Å². The van der Waals surface area contributed by atoms with Crippen LogP contribution in [0, 0.1) is 17.3 Å². The molecule has 1 fully saturated rings. The Hall–Kier alpha value is -2.70. The van der Waals surface area contributed by atoms with Crippen molar-refractivity contribution in [1.29, 1.82) is 0 Å². The Kier molecular flexibility index (Phi) is 3.20. The Morgan fingerprint density at radius 1 is 1.23 bits per heavy atom. The third kappa shape index (κ3) is 2.34. The van der Waals surface area contributed by atoms with E-state index >= 15 is 0 Å². The number of H-pyrrole nitrogens is 1. The van der Waals surface area contributed by atoms with Crippen molar-refractivity contribution in [3.8, 4) is 11.4 Å². The van der Waals surface area contributed by atoms with E-state index < -0.39 is 23.2 Å². The second-order valence-electron chi connectivity index (χ2n) is 5.98. The highest BCUT2D eigenvalue weighted by Crippen LogP contribution is 2.58. The lowest BCUT2D eigenvalue weighted by molar-refractivity contribution is -0.140. The predicted molar refractivity (Wildman–Crippen MR) is 78.8 cm³/mol. The number of carbonyl (C=O) groups is 2. The first-order valence-electron chi connectivity index (χ1n) is 6.92. The van der Waals surface area contributed by atoms with E-state index in [9.17, 15) is 9.59 Å². The molecular formula is C15H16N4O3. The van der Waals surface area contributed by atoms with Crippen molar-refractivity contribution in [3.63, 3.8) is 0 Å². The van der Waals surface area contributed by atoms with Gasteiger partial charge in [0.1, 0.15) is 0 Å². The summed E-state index contributed by atoms with van der Waals surface area (Å²) in [6.07, 6.45) is 0. The van der Waals surface area contributed by atoms with Crippen LogP contribution in [0.1, 0.15) is 13.8 Å². The van der Waals surface area contributed by atoms with Crippen LogP contribution in [0.4, 0.5) is 5.95 Å². The highest BCUT2D eigenvalue weighted by Gasteiger charge is 2.66. The average molecular weight is 300 g/mol. The fourth-order valence-corrected chi connectivity index (χ4v) is 2.82. The zero-order chi connectivity index (χ0) is 15.9. The Bertz CT molecular complexity index is 723. The van der Waals surface area contributed by atoms with Gasteiger partial charge >= 0.3 is 5.97 Å². The molecule has 1 aliphatic rings. The Morgan fingerprint density at radius 2 is 1.91 bits per heavy atom. The van der Waals surface area contributed by atoms with Gasteiger partial charge in [-0.2, -0.15) is 4.98 Å². The van der Waals surface area contributed by atoms with E-state index in [1.165, 1.54) is 0 Å². The summed E-state index contributed by atoms with van der Waals surface area (Å²) in [5, 5.41) is 18.4. The zero-order valence-corrected chi connectivity index (χ0v) is 12.2. The van der Waals surface area contributed by atoms with Crippen molar-refractivity contribution in [2.45, 2.75) is 13.8 Å². The maximum atomic E-state index is 12.2. The summed E-state index contributed by atoms with van der Waals surface area (Å²) in [7, 11) is 0. The fraction of sp³-hybridized carbons (Fsp3) is 0.333. The summed E-state index contributed by atoms with van der Waals surface area (Å²) in [5.74, 6) is -1.86. The molecule has 3 rings (SSSR count). The number of nitrogens with zero attached hydrogens (tertiary/aromatic N) is 2. The van der Waals surface area contributed by atoms with E-state index in [4.69, 9.17) is 5.11 Å². The molecular weight excluding hydrogens is 284 g/mol. The molecule has 7 nitrogen and oxygen atoms in total. The molecule has 0 spiro atoms. The molecule has 114 valence electrons. The lowest BCUT2D eigenvalue weighted by atomic mass is 10.1. The topological polar surface area (TPSA) is 108 Å². The molecule has 22 heavy (non-hydrogen) atoms. The van der Waals surface area contributed by atoms with Gasteiger partial charge in [0.15, 0.2) is 5.82 Å². The number of rotatable bonds is 4. The maximum Gasteiger partial charge on any atom is 0.307 e. The number of hydrogen-bond donors (Lipinski definition) is 3. The van der Waals surface area contributed by atoms with Crippen molar-refractivity contribution in [3.05, 3.63) is 30.3 Å². The van der Waals surface area contributed by atoms with Crippen molar-refractivity contribution < 1.29 is 14.7 Å². The van der Waals surface area contributed by atoms with Crippen LogP contribution in [0.25, 0.3) is 11.4 Å². The van der Waals surface area contributed by atoms with Gasteiger partial charge in [-0.3, -0.25) is 20.0 Å². The van der Waals surface area contributed by atoms with Crippen LogP contribution in [0.5, 0.6) is 0 Å². The van der Waals surface area contributed by atoms with Crippen molar-refractivity contribution in [2.75, 3.05) is 5.32 Å². The van der Waals surface area contributed by atoms with Crippen LogP contribution in [-0.2, 0) is 9.59 Å². The second kappa shape index (κ2) is 4.94. The average Bonchev–Trinajstić information content (AvgIpc) is 2.82. The SMILES string of the molecule is CC1(C)[C@H](C(=O)Nc2n[nH]c(-c3ccccc3)n2)[C@@H]1C(=O)O. The minimum Gasteiger partial charge on any atom is -0.481 e. The number of nitrogens with one attached hydrogen (secondary N) is 2. The van der Waals surface area contributed by atoms with Crippen molar-refractivity contribution in [2.24, 2.45) is 17.3 Å². The molecule has 0 bridgehead atoms. The van der Waals surface area contributed by atoms with E-state index in [-0.39, 0.29) is 11.9 Å². The number of carboxylic acids is 1. The quantitative estimate of drug-likeness (QED) is 0.797. The third-order valence-corrected chi connectivity index (χ3v) is 4.14. The number of amides is 1. The summed E-state index contributed by atoms with van der Waals surface area (Å²) in [5.41, 5.74) is 0.305. The van der Waals surface area contributed by atoms with Gasteiger partial charge in [0.25, 0.3) is 0 Å². The molecule has 1 heterocycles. The second-order valence-corrected chi connectivity index (χ2v) is 5.98. The number of aromatic amines is 1. The highest BCUT2D eigenvalue weighted by atomic mass is 16.4. The first-order chi connectivity index (χ1) is 10.4. The van der Waals surface area contributed by atoms with Gasteiger partial charge in [-0.15, -0.1) is 5.10 Å². The number of hydrogen-bond acceptors (Lipinski definition) is 4. The van der Waals surface area contributed by atoms with E-state index in [1.54, 1.807) is 13.8 Å². The van der Waals surface area contributed by atoms with Gasteiger partial charge < -0.3 is 5.11 Å². The van der Waals surface area contributed by atoms with Crippen LogP contribution in [-0.4, -0.2) is 32.2 Å². The molecule has 2 atom stereocenters. The maximum absolute atomic E-state index is 12.2. The molecule has 2 aromatic rings. The first kappa shape index (κ1) is 14.2. The van der Waals surface area contributed by atoms with Gasteiger partial charge in [-0.25, -0.2) is 0 Å². The third-order valence-electron chi connectivity index (χ3n) is 4.14. The van der Waals surface area contributed by atoms with Gasteiger partial charge in [-0.1, -0.05) is 44.2 Å². The number of aliphatic carboxylic acids is 1. The first-order valence-corrected chi connectivity index (χ1v) is 6.92. The van der Waals surface area contributed by atoms with Gasteiger partial charge in [-0.05, 0) is 5.41 Å². The highest BCUT2D eigenvalue weighted by molar-refractivity contribution is 5.98. The summed E-state index contributed by atoms with van der Waals surface area (Å²) >= 11 is 0. The van der Waals surface area contributed by atoms with Crippen LogP contribution >= 0.6 is 0 Å². The molecule has 0 unspecified atom stereocenters. The van der Waals surface area contributed by atoms with Gasteiger partial charge in [0, 0.05) is 5.56 Å². The molecule has 1 aliphatic carbocycles. The Balaban J connectivity index is 1.71. The molecule has 1 aromatic carbocycles. The predicted octanol–water partition coefficient (Wildman–Crippen LogP) is 1.77. The summed E-state index contributed by atoms with van der Waals surface area (Å²) in [6, 6.07) is 9.39. The number of carbonyl (C=O) groups excluding carboxylic acids is 1. The van der Waals surface area contributed by atoms with E-state index in [2.05, 4.69) is 20.5 Å². The molecule has 1 saturated carbocycles. The Morgan fingerprint density at radius 3 is 2.50 bits per heavy atom. The number of anilines is 1. The minimum atomic E-state index is -0.954. The molecule has 1 amide bonds. The lowest BCUT2D eigenvalue weighted by Gasteiger charge is -2.01. The van der Waals surface area contributed by atoms with E-state index in [0.717, 1.165) is 5.56 Å². The molecule has 0 saturated heterocycles. The van der Waals surface area contributed by atoms with Crippen LogP contribution < -0.4 is 5.32 Å². The summed E-state index contributed by atoms with van der Waals surface area (Å²) in [6.45, 7) is 3.53. The van der Waals surface area contributed by atoms with Crippen molar-refractivity contribution in [1.82, 2.24) is 15.2 Å². The Labute approximate surface area is 126 Å². The lowest BCUT2D eigenvalue weighted by Crippen LogP contribution is -2.18. The van der Waals surface area contributed by atoms with Crippen LogP contribution in [0.2, 0.25) is 0 Å². The monoisotopic (exact) mass is 300 g/mol. The number of benzene rings is 1. The summed E-state index contributed by atoms with van der Waals surface area (Å²) in [4.78, 5) is 27.5. The van der Waals surface area contributed by atoms with Gasteiger partial charge in [0.05, 0.1) is 11.8 Å². The number of aromatic nitrogens is 3. The fourth-order valence-electron chi connectivity index (χ4n) is 2.82. The van der Waals surface area contributed by atoms with Crippen molar-refractivity contribution >= 4 is 17.8 Å². The largest absolute Gasteiger partial charge is 0.481 e. The minimum absolute atomic E-state index is 0.149. The molecule has 0 aliphatic heterocycles. The standard InChI is InChI=1S/C15H16N4O3/c1-15(2)9(10(15)13(21)22)12(20)17-14-16-11(18-19-14)8-6-4-3-5-7-8/h3-7,9-10H,1-2H3,(H,21,22)(H2,16,17,18,19,20)/t9-,10+/m0/s1. The van der Waals surface area contributed by atoms with Crippen LogP contribution in [0.15, 0.2) is 30.3 Å². The molecule has 3 N–H and O–H groups in total. The van der Waals surface area contributed by atoms with E-state index in [0.29, 0.717) is 5.82 Å². The van der Waals surface area contributed by atoms with Crippen LogP contribution in [0.3, 0.4) is 0 Å². The number of carboxylic acid groups (broad SMARTS) is 1. The molecule has 7 heteroatoms. The smallest absolute Gasteiger partial charge is 0.307 e. The zero-order valence-electron chi connectivity index (χ0n) is 12.2. The van der Waals surface area contributed by atoms with E-state index in [1.807, 2.05) is 30.3 Å². The summed E-state index contributed by atoms with van der Waals surface area (Å²) < 4.78 is 0.